The van der Waals surface area contributed by atoms with E-state index in [9.17, 15) is 0 Å². The summed E-state index contributed by atoms with van der Waals surface area (Å²) in [5.74, 6) is 0. The number of nitrogens with zero attached hydrogens (tertiary/aromatic N) is 3. The van der Waals surface area contributed by atoms with Gasteiger partial charge in [0.05, 0.1) is 28.5 Å². The summed E-state index contributed by atoms with van der Waals surface area (Å²) >= 11 is 1.83. The molecule has 0 N–H and O–H groups in total. The number of benzene rings is 4. The summed E-state index contributed by atoms with van der Waals surface area (Å²) in [5, 5.41) is 0. The van der Waals surface area contributed by atoms with Crippen molar-refractivity contribution < 1.29 is 0 Å². The van der Waals surface area contributed by atoms with Gasteiger partial charge in [0.25, 0.3) is 0 Å². The molecule has 0 amide bonds. The molecule has 0 atom stereocenters. The van der Waals surface area contributed by atoms with Gasteiger partial charge in [-0.05, 0) is 36.4 Å². The topological polar surface area (TPSA) is 20.5 Å². The Morgan fingerprint density at radius 2 is 1.11 bits per heavy atom. The molecule has 0 saturated heterocycles. The molecule has 0 fully saturated rings. The first kappa shape index (κ1) is 20.1. The monoisotopic (exact) mass is 467 g/mol. The molecule has 2 aromatic heterocycles. The van der Waals surface area contributed by atoms with Crippen LogP contribution in [0.5, 0.6) is 0 Å². The molecule has 1 aliphatic heterocycles. The van der Waals surface area contributed by atoms with E-state index in [2.05, 4.69) is 131 Å². The van der Waals surface area contributed by atoms with Crippen molar-refractivity contribution in [2.75, 3.05) is 4.90 Å². The average Bonchev–Trinajstić information content (AvgIpc) is 3.31. The zero-order valence-corrected chi connectivity index (χ0v) is 19.7. The smallest absolute Gasteiger partial charge is 0.138 e. The quantitative estimate of drug-likeness (QED) is 0.259. The van der Waals surface area contributed by atoms with Crippen LogP contribution in [0.4, 0.5) is 17.1 Å². The average molecular weight is 468 g/mol. The van der Waals surface area contributed by atoms with E-state index >= 15 is 0 Å². The predicted molar refractivity (Wildman–Crippen MR) is 145 cm³/mol. The van der Waals surface area contributed by atoms with Gasteiger partial charge >= 0.3 is 0 Å². The van der Waals surface area contributed by atoms with E-state index in [1.54, 1.807) is 0 Å². The van der Waals surface area contributed by atoms with E-state index in [0.717, 1.165) is 33.8 Å². The summed E-state index contributed by atoms with van der Waals surface area (Å²) in [4.78, 5) is 9.94. The van der Waals surface area contributed by atoms with Gasteiger partial charge in [-0.2, -0.15) is 0 Å². The van der Waals surface area contributed by atoms with Crippen molar-refractivity contribution in [1.82, 2.24) is 9.38 Å². The molecule has 0 spiro atoms. The summed E-state index contributed by atoms with van der Waals surface area (Å²) in [5.41, 5.74) is 8.77. The first-order chi connectivity index (χ1) is 17.4. The van der Waals surface area contributed by atoms with Crippen LogP contribution < -0.4 is 4.90 Å². The summed E-state index contributed by atoms with van der Waals surface area (Å²) < 4.78 is 2.24. The van der Waals surface area contributed by atoms with E-state index < -0.39 is 0 Å². The molecule has 0 aliphatic carbocycles. The lowest BCUT2D eigenvalue weighted by molar-refractivity contribution is 1.12. The molecule has 4 aromatic carbocycles. The van der Waals surface area contributed by atoms with Crippen molar-refractivity contribution in [2.45, 2.75) is 9.79 Å². The van der Waals surface area contributed by atoms with Crippen LogP contribution in [0.2, 0.25) is 0 Å². The van der Waals surface area contributed by atoms with Crippen LogP contribution >= 0.6 is 11.8 Å². The maximum atomic E-state index is 5.07. The Bertz CT molecular complexity index is 1630. The van der Waals surface area contributed by atoms with Gasteiger partial charge < -0.3 is 4.90 Å². The molecule has 0 radical (unpaired) electrons. The van der Waals surface area contributed by atoms with E-state index in [4.69, 9.17) is 4.98 Å². The minimum atomic E-state index is 0.930. The highest BCUT2D eigenvalue weighted by molar-refractivity contribution is 7.99. The minimum absolute atomic E-state index is 0.930. The Morgan fingerprint density at radius 3 is 1.77 bits per heavy atom. The number of rotatable bonds is 3. The Labute approximate surface area is 208 Å². The number of fused-ring (bicyclic) bond motifs is 3. The summed E-state index contributed by atoms with van der Waals surface area (Å²) in [6.07, 6.45) is 2.22. The zero-order chi connectivity index (χ0) is 23.2. The van der Waals surface area contributed by atoms with Crippen LogP contribution in [0.3, 0.4) is 0 Å². The van der Waals surface area contributed by atoms with Crippen LogP contribution in [0.1, 0.15) is 0 Å². The van der Waals surface area contributed by atoms with Crippen molar-refractivity contribution >= 4 is 34.5 Å². The third-order valence-electron chi connectivity index (χ3n) is 6.39. The van der Waals surface area contributed by atoms with Crippen LogP contribution in [0, 0.1) is 0 Å². The molecule has 3 nitrogen and oxygen atoms in total. The summed E-state index contributed by atoms with van der Waals surface area (Å²) in [7, 11) is 0. The Morgan fingerprint density at radius 1 is 0.543 bits per heavy atom. The zero-order valence-electron chi connectivity index (χ0n) is 18.9. The van der Waals surface area contributed by atoms with E-state index in [1.807, 2.05) is 17.8 Å². The molecular formula is C31H21N3S. The molecule has 35 heavy (non-hydrogen) atoms. The van der Waals surface area contributed by atoms with Crippen LogP contribution in [-0.2, 0) is 0 Å². The molecule has 3 heterocycles. The summed E-state index contributed by atoms with van der Waals surface area (Å²) in [6.45, 7) is 0. The number of para-hydroxylation sites is 2. The molecule has 0 unspecified atom stereocenters. The number of anilines is 3. The van der Waals surface area contributed by atoms with Crippen LogP contribution in [0.25, 0.3) is 28.2 Å². The molecule has 0 saturated carbocycles. The number of hydrogen-bond acceptors (Lipinski definition) is 3. The van der Waals surface area contributed by atoms with Gasteiger partial charge in [0.1, 0.15) is 5.65 Å². The van der Waals surface area contributed by atoms with Crippen LogP contribution in [-0.4, -0.2) is 9.38 Å². The fraction of sp³-hybridized carbons (Fsp3) is 0. The second-order valence-electron chi connectivity index (χ2n) is 8.53. The Kier molecular flexibility index (Phi) is 4.71. The Hall–Kier alpha value is -4.28. The molecule has 0 bridgehead atoms. The highest BCUT2D eigenvalue weighted by Gasteiger charge is 2.25. The van der Waals surface area contributed by atoms with Gasteiger partial charge in [-0.1, -0.05) is 96.7 Å². The standard InChI is InChI=1S/C31H21N3S/c1-3-11-22(12-4-1)30-31(23-13-5-2-6-14-23)33-21-24(19-20-29(33)32-30)34-25-15-7-9-17-27(25)35-28-18-10-8-16-26(28)34/h1-21H. The maximum Gasteiger partial charge on any atom is 0.138 e. The summed E-state index contributed by atoms with van der Waals surface area (Å²) in [6, 6.07) is 42.5. The third-order valence-corrected chi connectivity index (χ3v) is 7.52. The fourth-order valence-electron chi connectivity index (χ4n) is 4.82. The first-order valence-corrected chi connectivity index (χ1v) is 12.5. The molecule has 7 rings (SSSR count). The Balaban J connectivity index is 1.49. The van der Waals surface area contributed by atoms with Crippen molar-refractivity contribution in [3.8, 4) is 22.5 Å². The fourth-order valence-corrected chi connectivity index (χ4v) is 5.88. The lowest BCUT2D eigenvalue weighted by Crippen LogP contribution is -2.15. The first-order valence-electron chi connectivity index (χ1n) is 11.7. The molecule has 6 aromatic rings. The number of hydrogen-bond donors (Lipinski definition) is 0. The van der Waals surface area contributed by atoms with Gasteiger partial charge in [0.15, 0.2) is 0 Å². The predicted octanol–water partition coefficient (Wildman–Crippen LogP) is 8.60. The second-order valence-corrected chi connectivity index (χ2v) is 9.61. The van der Waals surface area contributed by atoms with Gasteiger partial charge in [0, 0.05) is 27.1 Å². The van der Waals surface area contributed by atoms with Gasteiger partial charge in [-0.15, -0.1) is 0 Å². The largest absolute Gasteiger partial charge is 0.307 e. The van der Waals surface area contributed by atoms with E-state index in [-0.39, 0.29) is 0 Å². The molecule has 4 heteroatoms. The second kappa shape index (κ2) is 8.19. The molecule has 1 aliphatic rings. The lowest BCUT2D eigenvalue weighted by Gasteiger charge is -2.32. The van der Waals surface area contributed by atoms with Gasteiger partial charge in [-0.25, -0.2) is 4.98 Å². The van der Waals surface area contributed by atoms with Crippen molar-refractivity contribution in [1.29, 1.82) is 0 Å². The van der Waals surface area contributed by atoms with Gasteiger partial charge in [0.2, 0.25) is 0 Å². The molecule has 166 valence electrons. The number of pyridine rings is 1. The highest BCUT2D eigenvalue weighted by atomic mass is 32.2. The molecular weight excluding hydrogens is 446 g/mol. The highest BCUT2D eigenvalue weighted by Crippen LogP contribution is 2.51. The van der Waals surface area contributed by atoms with Gasteiger partial charge in [-0.3, -0.25) is 4.40 Å². The normalized spacial score (nSPS) is 12.4. The van der Waals surface area contributed by atoms with Crippen LogP contribution in [0.15, 0.2) is 137 Å². The minimum Gasteiger partial charge on any atom is -0.307 e. The van der Waals surface area contributed by atoms with E-state index in [0.29, 0.717) is 0 Å². The van der Waals surface area contributed by atoms with Crippen molar-refractivity contribution in [2.24, 2.45) is 0 Å². The van der Waals surface area contributed by atoms with E-state index in [1.165, 1.54) is 21.2 Å². The number of imidazole rings is 1. The van der Waals surface area contributed by atoms with Crippen molar-refractivity contribution in [3.63, 3.8) is 0 Å². The van der Waals surface area contributed by atoms with Crippen molar-refractivity contribution in [3.05, 3.63) is 128 Å². The number of aromatic nitrogens is 2. The SMILES string of the molecule is c1ccc(-c2nc3ccc(N4c5ccccc5Sc5ccccc54)cn3c2-c2ccccc2)cc1. The third kappa shape index (κ3) is 3.34. The lowest BCUT2D eigenvalue weighted by atomic mass is 10.1. The maximum absolute atomic E-state index is 5.07.